The molecule has 2 rings (SSSR count). The Balaban J connectivity index is 0.000000263. The van der Waals surface area contributed by atoms with E-state index >= 15 is 0 Å². The van der Waals surface area contributed by atoms with Gasteiger partial charge in [-0.2, -0.15) is 0 Å². The van der Waals surface area contributed by atoms with Crippen LogP contribution in [0.5, 0.6) is 0 Å². The van der Waals surface area contributed by atoms with Gasteiger partial charge in [-0.25, -0.2) is 29.1 Å². The maximum absolute atomic E-state index is 11.2. The zero-order valence-electron chi connectivity index (χ0n) is 13.7. The minimum atomic E-state index is -1.34. The molecule has 0 atom stereocenters. The number of aromatic carboxylic acids is 2. The fourth-order valence-electron chi connectivity index (χ4n) is 1.69. The van der Waals surface area contributed by atoms with Crippen molar-refractivity contribution in [3.05, 3.63) is 59.2 Å². The molecule has 0 unspecified atom stereocenters. The molecule has 0 saturated heterocycles. The number of carbonyl (C=O) groups is 4. The first-order valence-electron chi connectivity index (χ1n) is 6.86. The van der Waals surface area contributed by atoms with Gasteiger partial charge in [0.2, 0.25) is 0 Å². The Morgan fingerprint density at radius 1 is 0.769 bits per heavy atom. The largest absolute Gasteiger partial charge is 0.478 e. The minimum Gasteiger partial charge on any atom is -0.478 e. The van der Waals surface area contributed by atoms with Crippen molar-refractivity contribution >= 4 is 23.9 Å². The van der Waals surface area contributed by atoms with Crippen molar-refractivity contribution in [3.63, 3.8) is 0 Å². The fourth-order valence-corrected chi connectivity index (χ4v) is 1.69. The molecule has 26 heavy (non-hydrogen) atoms. The second kappa shape index (κ2) is 9.47. The zero-order chi connectivity index (χ0) is 19.7. The summed E-state index contributed by atoms with van der Waals surface area (Å²) in [7, 11) is 2.45. The molecule has 10 nitrogen and oxygen atoms in total. The summed E-state index contributed by atoms with van der Waals surface area (Å²) >= 11 is 0. The highest BCUT2D eigenvalue weighted by Crippen LogP contribution is 2.08. The number of methoxy groups -OCH3 is 2. The average Bonchev–Trinajstić information content (AvgIpc) is 2.67. The molecule has 0 aliphatic heterocycles. The van der Waals surface area contributed by atoms with Crippen LogP contribution < -0.4 is 0 Å². The van der Waals surface area contributed by atoms with E-state index in [1.165, 1.54) is 44.8 Å². The lowest BCUT2D eigenvalue weighted by molar-refractivity contribution is 0.0550. The summed E-state index contributed by atoms with van der Waals surface area (Å²) in [5, 5.41) is 17.0. The summed E-state index contributed by atoms with van der Waals surface area (Å²) in [5.74, 6) is -3.90. The number of hydrogen-bond donors (Lipinski definition) is 2. The van der Waals surface area contributed by atoms with Crippen LogP contribution >= 0.6 is 0 Å². The predicted octanol–water partition coefficient (Wildman–Crippen LogP) is 1.13. The number of carbonyl (C=O) groups excluding carboxylic acids is 2. The Bertz CT molecular complexity index is 767. The van der Waals surface area contributed by atoms with Gasteiger partial charge in [0.25, 0.3) is 0 Å². The predicted molar refractivity (Wildman–Crippen MR) is 85.1 cm³/mol. The highest BCUT2D eigenvalue weighted by Gasteiger charge is 2.18. The number of hydrogen-bond acceptors (Lipinski definition) is 8. The Labute approximate surface area is 147 Å². The third-order valence-corrected chi connectivity index (χ3v) is 2.83. The van der Waals surface area contributed by atoms with Gasteiger partial charge in [-0.3, -0.25) is 0 Å². The van der Waals surface area contributed by atoms with Crippen molar-refractivity contribution < 1.29 is 38.9 Å². The molecule has 2 aromatic rings. The van der Waals surface area contributed by atoms with Crippen LogP contribution in [-0.2, 0) is 9.47 Å². The molecule has 0 bridgehead atoms. The highest BCUT2D eigenvalue weighted by molar-refractivity contribution is 6.01. The van der Waals surface area contributed by atoms with Gasteiger partial charge >= 0.3 is 23.9 Å². The Morgan fingerprint density at radius 3 is 1.69 bits per heavy atom. The summed E-state index contributed by atoms with van der Waals surface area (Å²) in [6.07, 6.45) is 2.63. The molecule has 0 radical (unpaired) electrons. The smallest absolute Gasteiger partial charge is 0.357 e. The van der Waals surface area contributed by atoms with Crippen molar-refractivity contribution in [2.45, 2.75) is 0 Å². The quantitative estimate of drug-likeness (QED) is 0.757. The van der Waals surface area contributed by atoms with Crippen molar-refractivity contribution in [2.75, 3.05) is 14.2 Å². The van der Waals surface area contributed by atoms with Crippen molar-refractivity contribution in [3.8, 4) is 0 Å². The van der Waals surface area contributed by atoms with Crippen LogP contribution in [0.4, 0.5) is 0 Å². The molecule has 0 fully saturated rings. The van der Waals surface area contributed by atoms with Crippen LogP contribution in [0.2, 0.25) is 0 Å². The van der Waals surface area contributed by atoms with Gasteiger partial charge in [-0.05, 0) is 24.3 Å². The van der Waals surface area contributed by atoms with Gasteiger partial charge < -0.3 is 19.7 Å². The van der Waals surface area contributed by atoms with Gasteiger partial charge in [-0.1, -0.05) is 0 Å². The lowest BCUT2D eigenvalue weighted by Crippen LogP contribution is -2.13. The van der Waals surface area contributed by atoms with Crippen LogP contribution in [0.3, 0.4) is 0 Å². The molecule has 2 aromatic heterocycles. The Morgan fingerprint density at radius 2 is 1.27 bits per heavy atom. The normalized spacial score (nSPS) is 9.31. The number of carboxylic acids is 2. The molecule has 2 heterocycles. The molecule has 0 aromatic carbocycles. The summed E-state index contributed by atoms with van der Waals surface area (Å²) in [6, 6.07) is 5.55. The highest BCUT2D eigenvalue weighted by atomic mass is 16.5. The topological polar surface area (TPSA) is 153 Å². The zero-order valence-corrected chi connectivity index (χ0v) is 13.7. The third-order valence-electron chi connectivity index (χ3n) is 2.83. The number of aromatic nitrogens is 2. The fraction of sp³-hybridized carbons (Fsp3) is 0.125. The maximum Gasteiger partial charge on any atom is 0.357 e. The van der Waals surface area contributed by atoms with E-state index < -0.39 is 29.6 Å². The number of carboxylic acid groups (broad SMARTS) is 2. The van der Waals surface area contributed by atoms with Crippen LogP contribution in [-0.4, -0.2) is 58.3 Å². The van der Waals surface area contributed by atoms with E-state index in [0.717, 1.165) is 0 Å². The summed E-state index contributed by atoms with van der Waals surface area (Å²) < 4.78 is 8.95. The molecular weight excluding hydrogens is 348 g/mol. The molecule has 0 amide bonds. The molecule has 0 aliphatic rings. The van der Waals surface area contributed by atoms with Gasteiger partial charge in [0.1, 0.15) is 0 Å². The van der Waals surface area contributed by atoms with E-state index in [1.807, 2.05) is 0 Å². The number of ether oxygens (including phenoxy) is 2. The Kier molecular flexibility index (Phi) is 7.37. The molecular formula is C16H14N2O8. The van der Waals surface area contributed by atoms with Crippen molar-refractivity contribution in [1.82, 2.24) is 9.97 Å². The first-order chi connectivity index (χ1) is 12.3. The number of pyridine rings is 2. The van der Waals surface area contributed by atoms with Crippen LogP contribution in [0.15, 0.2) is 36.7 Å². The lowest BCUT2D eigenvalue weighted by Gasteiger charge is -2.03. The second-order valence-corrected chi connectivity index (χ2v) is 4.39. The molecule has 136 valence electrons. The van der Waals surface area contributed by atoms with E-state index in [9.17, 15) is 19.2 Å². The van der Waals surface area contributed by atoms with E-state index in [0.29, 0.717) is 0 Å². The summed E-state index contributed by atoms with van der Waals surface area (Å²) in [6.45, 7) is 0. The molecule has 2 N–H and O–H groups in total. The van der Waals surface area contributed by atoms with E-state index in [1.54, 1.807) is 6.07 Å². The summed E-state index contributed by atoms with van der Waals surface area (Å²) in [4.78, 5) is 50.3. The van der Waals surface area contributed by atoms with Gasteiger partial charge in [0.05, 0.1) is 25.3 Å². The molecule has 10 heteroatoms. The van der Waals surface area contributed by atoms with Crippen molar-refractivity contribution in [2.24, 2.45) is 0 Å². The van der Waals surface area contributed by atoms with Gasteiger partial charge in [-0.15, -0.1) is 0 Å². The average molecular weight is 362 g/mol. The van der Waals surface area contributed by atoms with Gasteiger partial charge in [0, 0.05) is 12.4 Å². The maximum atomic E-state index is 11.2. The Hall–Kier alpha value is -3.82. The standard InChI is InChI=1S/C9H9NO4.C7H5NO4/c1-13-8(11)6-4-3-5-10-7(6)9(12)14-2;9-6(10)4-2-1-3-8-5(4)7(11)12/h3-5H,1-2H3;1-3H,(H,9,10)(H,11,12). The van der Waals surface area contributed by atoms with E-state index in [4.69, 9.17) is 10.2 Å². The second-order valence-electron chi connectivity index (χ2n) is 4.39. The molecule has 0 spiro atoms. The number of rotatable bonds is 4. The molecule has 0 saturated carbocycles. The number of esters is 2. The minimum absolute atomic E-state index is 0.0400. The van der Waals surface area contributed by atoms with E-state index in [-0.39, 0.29) is 16.8 Å². The SMILES string of the molecule is COC(=O)c1cccnc1C(=O)OC.O=C(O)c1cccnc1C(=O)O. The first kappa shape index (κ1) is 20.2. The van der Waals surface area contributed by atoms with Crippen molar-refractivity contribution in [1.29, 1.82) is 0 Å². The summed E-state index contributed by atoms with van der Waals surface area (Å²) in [5.41, 5.74) is -0.682. The third kappa shape index (κ3) is 5.09. The molecule has 0 aliphatic carbocycles. The van der Waals surface area contributed by atoms with Crippen LogP contribution in [0, 0.1) is 0 Å². The van der Waals surface area contributed by atoms with Crippen LogP contribution in [0.25, 0.3) is 0 Å². The lowest BCUT2D eigenvalue weighted by atomic mass is 10.2. The number of nitrogens with zero attached hydrogens (tertiary/aromatic N) is 2. The van der Waals surface area contributed by atoms with E-state index in [2.05, 4.69) is 19.4 Å². The first-order valence-corrected chi connectivity index (χ1v) is 6.86. The van der Waals surface area contributed by atoms with Gasteiger partial charge in [0.15, 0.2) is 11.4 Å². The monoisotopic (exact) mass is 362 g/mol. The van der Waals surface area contributed by atoms with Crippen LogP contribution in [0.1, 0.15) is 41.7 Å².